The molecule has 5 nitrogen and oxygen atoms in total. The molecule has 0 aliphatic heterocycles. The van der Waals surface area contributed by atoms with E-state index in [0.717, 1.165) is 10.2 Å². The van der Waals surface area contributed by atoms with Crippen molar-refractivity contribution < 1.29 is 4.74 Å². The average Bonchev–Trinajstić information content (AvgIpc) is 2.78. The van der Waals surface area contributed by atoms with E-state index in [1.165, 1.54) is 0 Å². The molecule has 6 heteroatoms. The van der Waals surface area contributed by atoms with E-state index < -0.39 is 0 Å². The van der Waals surface area contributed by atoms with Crippen molar-refractivity contribution in [3.8, 4) is 11.5 Å². The molecule has 18 heavy (non-hydrogen) atoms. The summed E-state index contributed by atoms with van der Waals surface area (Å²) in [6.45, 7) is 4.45. The van der Waals surface area contributed by atoms with E-state index in [0.29, 0.717) is 24.1 Å². The monoisotopic (exact) mass is 310 g/mol. The molecule has 2 aromatic heterocycles. The third-order valence-corrected chi connectivity index (χ3v) is 2.86. The van der Waals surface area contributed by atoms with Crippen LogP contribution in [-0.4, -0.2) is 14.8 Å². The van der Waals surface area contributed by atoms with Crippen LogP contribution in [0.4, 0.5) is 0 Å². The summed E-state index contributed by atoms with van der Waals surface area (Å²) in [6.07, 6.45) is 5.24. The summed E-state index contributed by atoms with van der Waals surface area (Å²) in [5, 5.41) is 4.22. The van der Waals surface area contributed by atoms with Gasteiger partial charge in [0.15, 0.2) is 11.5 Å². The molecule has 2 heterocycles. The zero-order valence-electron chi connectivity index (χ0n) is 10.3. The van der Waals surface area contributed by atoms with Crippen molar-refractivity contribution >= 4 is 15.9 Å². The van der Waals surface area contributed by atoms with Gasteiger partial charge in [-0.25, -0.2) is 0 Å². The lowest BCUT2D eigenvalue weighted by atomic mass is 10.3. The van der Waals surface area contributed by atoms with Gasteiger partial charge in [-0.05, 0) is 35.8 Å². The van der Waals surface area contributed by atoms with E-state index in [1.54, 1.807) is 12.4 Å². The minimum atomic E-state index is 0.303. The van der Waals surface area contributed by atoms with E-state index in [1.807, 2.05) is 16.9 Å². The molecule has 0 aliphatic carbocycles. The van der Waals surface area contributed by atoms with Gasteiger partial charge >= 0.3 is 0 Å². The van der Waals surface area contributed by atoms with E-state index in [2.05, 4.69) is 39.9 Å². The number of aromatic nitrogens is 3. The van der Waals surface area contributed by atoms with Crippen LogP contribution < -0.4 is 10.5 Å². The SMILES string of the molecule is CC(C)n1cc(Oc2cc(Br)cnc2CN)cn1. The lowest BCUT2D eigenvalue weighted by Crippen LogP contribution is -2.02. The zero-order valence-corrected chi connectivity index (χ0v) is 11.9. The Balaban J connectivity index is 2.24. The van der Waals surface area contributed by atoms with Crippen LogP contribution in [0, 0.1) is 0 Å². The second-order valence-electron chi connectivity index (χ2n) is 4.15. The highest BCUT2D eigenvalue weighted by Gasteiger charge is 2.08. The standard InChI is InChI=1S/C12H15BrN4O/c1-8(2)17-7-10(6-16-17)18-12-3-9(13)5-15-11(12)4-14/h3,5-8H,4,14H2,1-2H3. The molecular formula is C12H15BrN4O. The summed E-state index contributed by atoms with van der Waals surface area (Å²) in [5.74, 6) is 1.33. The predicted molar refractivity (Wildman–Crippen MR) is 72.5 cm³/mol. The Morgan fingerprint density at radius 1 is 1.44 bits per heavy atom. The van der Waals surface area contributed by atoms with Gasteiger partial charge in [0.05, 0.1) is 18.1 Å². The molecule has 2 rings (SSSR count). The highest BCUT2D eigenvalue weighted by Crippen LogP contribution is 2.27. The van der Waals surface area contributed by atoms with Crippen molar-refractivity contribution in [1.82, 2.24) is 14.8 Å². The Morgan fingerprint density at radius 3 is 2.83 bits per heavy atom. The smallest absolute Gasteiger partial charge is 0.165 e. The summed E-state index contributed by atoms with van der Waals surface area (Å²) in [5.41, 5.74) is 6.35. The van der Waals surface area contributed by atoms with Crippen molar-refractivity contribution in [2.24, 2.45) is 5.73 Å². The van der Waals surface area contributed by atoms with Crippen LogP contribution in [-0.2, 0) is 6.54 Å². The van der Waals surface area contributed by atoms with Gasteiger partial charge in [0.25, 0.3) is 0 Å². The quantitative estimate of drug-likeness (QED) is 0.943. The van der Waals surface area contributed by atoms with E-state index in [9.17, 15) is 0 Å². The number of nitrogens with two attached hydrogens (primary N) is 1. The van der Waals surface area contributed by atoms with Crippen LogP contribution in [0.1, 0.15) is 25.6 Å². The molecule has 2 aromatic rings. The molecule has 0 fully saturated rings. The first-order chi connectivity index (χ1) is 8.60. The first kappa shape index (κ1) is 13.0. The summed E-state index contributed by atoms with van der Waals surface area (Å²) < 4.78 is 8.45. The topological polar surface area (TPSA) is 66.0 Å². The van der Waals surface area contributed by atoms with E-state index >= 15 is 0 Å². The molecule has 0 unspecified atom stereocenters. The number of hydrogen-bond acceptors (Lipinski definition) is 4. The summed E-state index contributed by atoms with van der Waals surface area (Å²) >= 11 is 3.36. The van der Waals surface area contributed by atoms with Crippen LogP contribution in [0.2, 0.25) is 0 Å². The Kier molecular flexibility index (Phi) is 3.98. The lowest BCUT2D eigenvalue weighted by Gasteiger charge is -2.08. The minimum Gasteiger partial charge on any atom is -0.452 e. The van der Waals surface area contributed by atoms with Crippen molar-refractivity contribution in [2.75, 3.05) is 0 Å². The first-order valence-electron chi connectivity index (χ1n) is 5.66. The maximum atomic E-state index is 5.76. The third kappa shape index (κ3) is 2.88. The van der Waals surface area contributed by atoms with Gasteiger partial charge in [-0.15, -0.1) is 0 Å². The van der Waals surface area contributed by atoms with Crippen LogP contribution in [0.15, 0.2) is 29.1 Å². The molecule has 0 saturated carbocycles. The number of hydrogen-bond donors (Lipinski definition) is 1. The summed E-state index contributed by atoms with van der Waals surface area (Å²) in [4.78, 5) is 4.21. The molecule has 0 spiro atoms. The Labute approximate surface area is 114 Å². The van der Waals surface area contributed by atoms with Gasteiger partial charge in [-0.3, -0.25) is 9.67 Å². The Hall–Kier alpha value is -1.40. The second-order valence-corrected chi connectivity index (χ2v) is 5.07. The van der Waals surface area contributed by atoms with Crippen molar-refractivity contribution in [1.29, 1.82) is 0 Å². The molecule has 0 aliphatic rings. The molecule has 0 radical (unpaired) electrons. The van der Waals surface area contributed by atoms with Crippen LogP contribution in [0.5, 0.6) is 11.5 Å². The second kappa shape index (κ2) is 5.49. The highest BCUT2D eigenvalue weighted by molar-refractivity contribution is 9.10. The Bertz CT molecular complexity index is 539. The number of ether oxygens (including phenoxy) is 1. The zero-order chi connectivity index (χ0) is 13.1. The van der Waals surface area contributed by atoms with Crippen molar-refractivity contribution in [2.45, 2.75) is 26.4 Å². The van der Waals surface area contributed by atoms with Crippen molar-refractivity contribution in [3.05, 3.63) is 34.8 Å². The lowest BCUT2D eigenvalue weighted by molar-refractivity contribution is 0.467. The summed E-state index contributed by atoms with van der Waals surface area (Å²) in [7, 11) is 0. The fourth-order valence-corrected chi connectivity index (χ4v) is 1.78. The minimum absolute atomic E-state index is 0.303. The van der Waals surface area contributed by atoms with Gasteiger partial charge in [0.1, 0.15) is 0 Å². The van der Waals surface area contributed by atoms with Gasteiger partial charge in [-0.1, -0.05) is 0 Å². The largest absolute Gasteiger partial charge is 0.452 e. The highest BCUT2D eigenvalue weighted by atomic mass is 79.9. The van der Waals surface area contributed by atoms with Gasteiger partial charge in [0.2, 0.25) is 0 Å². The predicted octanol–water partition coefficient (Wildman–Crippen LogP) is 2.87. The number of rotatable bonds is 4. The fourth-order valence-electron chi connectivity index (χ4n) is 1.47. The number of nitrogens with zero attached hydrogens (tertiary/aromatic N) is 3. The van der Waals surface area contributed by atoms with Gasteiger partial charge < -0.3 is 10.5 Å². The number of pyridine rings is 1. The van der Waals surface area contributed by atoms with Gasteiger partial charge in [0, 0.05) is 23.3 Å². The van der Waals surface area contributed by atoms with Crippen molar-refractivity contribution in [3.63, 3.8) is 0 Å². The molecule has 96 valence electrons. The maximum Gasteiger partial charge on any atom is 0.165 e. The van der Waals surface area contributed by atoms with Crippen LogP contribution in [0.25, 0.3) is 0 Å². The van der Waals surface area contributed by atoms with Crippen LogP contribution in [0.3, 0.4) is 0 Å². The molecule has 0 bridgehead atoms. The average molecular weight is 311 g/mol. The Morgan fingerprint density at radius 2 is 2.22 bits per heavy atom. The molecule has 0 aromatic carbocycles. The fraction of sp³-hybridized carbons (Fsp3) is 0.333. The molecule has 0 amide bonds. The van der Waals surface area contributed by atoms with Crippen LogP contribution >= 0.6 is 15.9 Å². The number of halogens is 1. The third-order valence-electron chi connectivity index (χ3n) is 2.43. The molecule has 0 atom stereocenters. The van der Waals surface area contributed by atoms with E-state index in [-0.39, 0.29) is 0 Å². The maximum absolute atomic E-state index is 5.76. The first-order valence-corrected chi connectivity index (χ1v) is 6.46. The van der Waals surface area contributed by atoms with Gasteiger partial charge in [-0.2, -0.15) is 5.10 Å². The molecule has 0 saturated heterocycles. The summed E-state index contributed by atoms with van der Waals surface area (Å²) in [6, 6.07) is 2.15. The molecule has 2 N–H and O–H groups in total. The van der Waals surface area contributed by atoms with E-state index in [4.69, 9.17) is 10.5 Å². The molecular weight excluding hydrogens is 296 g/mol. The normalized spacial score (nSPS) is 10.9.